The number of imide groups is 1. The third-order valence-electron chi connectivity index (χ3n) is 5.25. The van der Waals surface area contributed by atoms with Crippen LogP contribution in [0.5, 0.6) is 0 Å². The molecule has 1 fully saturated rings. The molecule has 1 aromatic heterocycles. The van der Waals surface area contributed by atoms with Gasteiger partial charge in [0.2, 0.25) is 0 Å². The monoisotopic (exact) mass is 478 g/mol. The van der Waals surface area contributed by atoms with Crippen molar-refractivity contribution in [1.29, 1.82) is 0 Å². The van der Waals surface area contributed by atoms with Crippen molar-refractivity contribution in [1.82, 2.24) is 9.88 Å². The first kappa shape index (κ1) is 22.5. The quantitative estimate of drug-likeness (QED) is 0.563. The van der Waals surface area contributed by atoms with Crippen LogP contribution in [0.15, 0.2) is 59.6 Å². The van der Waals surface area contributed by atoms with E-state index in [0.29, 0.717) is 11.2 Å². The van der Waals surface area contributed by atoms with E-state index in [0.717, 1.165) is 40.1 Å². The van der Waals surface area contributed by atoms with Crippen molar-refractivity contribution in [2.24, 2.45) is 0 Å². The largest absolute Gasteiger partial charge is 0.501 e. The van der Waals surface area contributed by atoms with E-state index in [4.69, 9.17) is 0 Å². The number of alkyl halides is 3. The van der Waals surface area contributed by atoms with E-state index in [1.807, 2.05) is 24.3 Å². The van der Waals surface area contributed by atoms with Crippen LogP contribution in [0.3, 0.4) is 0 Å². The molecule has 0 unspecified atom stereocenters. The Hall–Kier alpha value is -3.67. The van der Waals surface area contributed by atoms with Crippen LogP contribution in [0.2, 0.25) is 0 Å². The molecule has 1 aliphatic rings. The van der Waals surface area contributed by atoms with Crippen LogP contribution in [0, 0.1) is 0 Å². The molecule has 3 aromatic rings. The first-order chi connectivity index (χ1) is 15.5. The van der Waals surface area contributed by atoms with E-state index in [-0.39, 0.29) is 18.8 Å². The van der Waals surface area contributed by atoms with Crippen LogP contribution >= 0.6 is 0 Å². The Kier molecular flexibility index (Phi) is 5.48. The Bertz CT molecular complexity index is 1360. The molecule has 2 heterocycles. The number of aromatic nitrogens is 1. The number of carbonyl (C=O) groups excluding carboxylic acids is 2. The predicted octanol–water partition coefficient (Wildman–Crippen LogP) is 3.54. The number of sulfone groups is 1. The van der Waals surface area contributed by atoms with E-state index < -0.39 is 32.2 Å². The van der Waals surface area contributed by atoms with Gasteiger partial charge in [-0.3, -0.25) is 9.78 Å². The van der Waals surface area contributed by atoms with E-state index in [1.54, 1.807) is 13.2 Å². The first-order valence-electron chi connectivity index (χ1n) is 9.62. The number of fused-ring (bicyclic) bond motifs is 1. The van der Waals surface area contributed by atoms with Gasteiger partial charge in [-0.2, -0.15) is 13.2 Å². The van der Waals surface area contributed by atoms with Gasteiger partial charge in [0.1, 0.15) is 6.54 Å². The van der Waals surface area contributed by atoms with Crippen molar-refractivity contribution in [3.05, 3.63) is 60.3 Å². The normalized spacial score (nSPS) is 14.9. The fraction of sp³-hybridized carbons (Fsp3) is 0.190. The van der Waals surface area contributed by atoms with Crippen molar-refractivity contribution in [3.63, 3.8) is 0 Å². The molecule has 33 heavy (non-hydrogen) atoms. The van der Waals surface area contributed by atoms with Gasteiger partial charge >= 0.3 is 11.5 Å². The molecule has 1 aliphatic heterocycles. The van der Waals surface area contributed by atoms with Gasteiger partial charge < -0.3 is 10.2 Å². The van der Waals surface area contributed by atoms with Gasteiger partial charge in [-0.05, 0) is 30.3 Å². The second-order valence-corrected chi connectivity index (χ2v) is 9.17. The standard InChI is InChI=1S/C21H17F3N4O4S/c1-25-18-10-26-17-5-3-2-4-15(17)16(18)11-27-12-19(29)28(20(27)30)13-6-8-14(9-7-13)33(31,32)21(22,23)24/h2-10,25H,11-12H2,1H3. The molecule has 0 bridgehead atoms. The summed E-state index contributed by atoms with van der Waals surface area (Å²) in [5.74, 6) is -0.587. The number of carbonyl (C=O) groups is 2. The molecule has 0 radical (unpaired) electrons. The van der Waals surface area contributed by atoms with Gasteiger partial charge in [-0.15, -0.1) is 0 Å². The Morgan fingerprint density at radius 2 is 1.73 bits per heavy atom. The maximum atomic E-state index is 13.0. The van der Waals surface area contributed by atoms with Crippen molar-refractivity contribution in [3.8, 4) is 0 Å². The molecule has 172 valence electrons. The van der Waals surface area contributed by atoms with E-state index in [2.05, 4.69) is 10.3 Å². The topological polar surface area (TPSA) is 99.7 Å². The summed E-state index contributed by atoms with van der Waals surface area (Å²) < 4.78 is 61.4. The highest BCUT2D eigenvalue weighted by Crippen LogP contribution is 2.33. The third kappa shape index (κ3) is 3.86. The SMILES string of the molecule is CNc1cnc2ccccc2c1CN1CC(=O)N(c2ccc(S(=O)(=O)C(F)(F)F)cc2)C1=O. The molecule has 3 amide bonds. The molecule has 0 spiro atoms. The van der Waals surface area contributed by atoms with Gasteiger partial charge in [0, 0.05) is 18.0 Å². The van der Waals surface area contributed by atoms with Crippen molar-refractivity contribution in [2.45, 2.75) is 16.9 Å². The zero-order valence-electron chi connectivity index (χ0n) is 17.1. The fourth-order valence-electron chi connectivity index (χ4n) is 3.61. The molecule has 2 aromatic carbocycles. The predicted molar refractivity (Wildman–Crippen MR) is 114 cm³/mol. The highest BCUT2D eigenvalue weighted by atomic mass is 32.2. The number of benzene rings is 2. The molecule has 8 nitrogen and oxygen atoms in total. The smallest absolute Gasteiger partial charge is 0.387 e. The molecule has 1 N–H and O–H groups in total. The van der Waals surface area contributed by atoms with Gasteiger partial charge in [-0.25, -0.2) is 18.1 Å². The number of urea groups is 1. The van der Waals surface area contributed by atoms with Gasteiger partial charge in [-0.1, -0.05) is 18.2 Å². The lowest BCUT2D eigenvalue weighted by Gasteiger charge is -2.20. The van der Waals surface area contributed by atoms with Crippen LogP contribution in [-0.4, -0.2) is 49.3 Å². The zero-order valence-corrected chi connectivity index (χ0v) is 17.9. The number of nitrogens with zero attached hydrogens (tertiary/aromatic N) is 3. The summed E-state index contributed by atoms with van der Waals surface area (Å²) in [7, 11) is -3.83. The summed E-state index contributed by atoms with van der Waals surface area (Å²) in [4.78, 5) is 31.1. The minimum Gasteiger partial charge on any atom is -0.387 e. The number of rotatable bonds is 5. The van der Waals surface area contributed by atoms with Crippen LogP contribution in [0.25, 0.3) is 10.9 Å². The maximum absolute atomic E-state index is 13.0. The number of nitrogens with one attached hydrogen (secondary N) is 1. The number of hydrogen-bond acceptors (Lipinski definition) is 6. The molecular weight excluding hydrogens is 461 g/mol. The highest BCUT2D eigenvalue weighted by molar-refractivity contribution is 7.92. The summed E-state index contributed by atoms with van der Waals surface area (Å²) in [5, 5.41) is 3.81. The highest BCUT2D eigenvalue weighted by Gasteiger charge is 2.47. The number of amides is 3. The Labute approximate surface area is 186 Å². The maximum Gasteiger partial charge on any atom is 0.501 e. The Morgan fingerprint density at radius 3 is 2.36 bits per heavy atom. The van der Waals surface area contributed by atoms with Crippen molar-refractivity contribution in [2.75, 3.05) is 23.8 Å². The molecule has 1 saturated heterocycles. The Morgan fingerprint density at radius 1 is 1.06 bits per heavy atom. The lowest BCUT2D eigenvalue weighted by atomic mass is 10.1. The van der Waals surface area contributed by atoms with E-state index in [1.165, 1.54) is 4.90 Å². The lowest BCUT2D eigenvalue weighted by Crippen LogP contribution is -2.33. The second-order valence-electron chi connectivity index (χ2n) is 7.23. The molecular formula is C21H17F3N4O4S. The van der Waals surface area contributed by atoms with Crippen molar-refractivity contribution < 1.29 is 31.2 Å². The molecule has 4 rings (SSSR count). The van der Waals surface area contributed by atoms with E-state index >= 15 is 0 Å². The number of anilines is 2. The molecule has 0 aliphatic carbocycles. The summed E-state index contributed by atoms with van der Waals surface area (Å²) in [6, 6.07) is 10.1. The van der Waals surface area contributed by atoms with Crippen LogP contribution < -0.4 is 10.2 Å². The lowest BCUT2D eigenvalue weighted by molar-refractivity contribution is -0.116. The number of para-hydroxylation sites is 1. The van der Waals surface area contributed by atoms with Crippen LogP contribution in [-0.2, 0) is 21.2 Å². The molecule has 0 atom stereocenters. The molecule has 12 heteroatoms. The summed E-state index contributed by atoms with van der Waals surface area (Å²) in [6.45, 7) is -0.165. The summed E-state index contributed by atoms with van der Waals surface area (Å²) >= 11 is 0. The number of halogens is 3. The zero-order chi connectivity index (χ0) is 24.0. The van der Waals surface area contributed by atoms with Crippen molar-refractivity contribution >= 4 is 44.1 Å². The number of pyridine rings is 1. The van der Waals surface area contributed by atoms with Gasteiger partial charge in [0.15, 0.2) is 0 Å². The summed E-state index contributed by atoms with van der Waals surface area (Å²) in [6.07, 6.45) is 1.62. The third-order valence-corrected chi connectivity index (χ3v) is 6.75. The van der Waals surface area contributed by atoms with Crippen LogP contribution in [0.1, 0.15) is 5.56 Å². The van der Waals surface area contributed by atoms with Gasteiger partial charge in [0.25, 0.3) is 15.7 Å². The van der Waals surface area contributed by atoms with Crippen LogP contribution in [0.4, 0.5) is 29.3 Å². The first-order valence-corrected chi connectivity index (χ1v) is 11.1. The summed E-state index contributed by atoms with van der Waals surface area (Å²) in [5.41, 5.74) is -3.35. The average molecular weight is 478 g/mol. The second kappa shape index (κ2) is 8.03. The Balaban J connectivity index is 1.63. The van der Waals surface area contributed by atoms with Gasteiger partial charge in [0.05, 0.1) is 34.5 Å². The minimum atomic E-state index is -5.54. The van der Waals surface area contributed by atoms with E-state index in [9.17, 15) is 31.2 Å². The number of hydrogen-bond donors (Lipinski definition) is 1. The molecule has 0 saturated carbocycles. The minimum absolute atomic E-state index is 0.0259. The average Bonchev–Trinajstić information content (AvgIpc) is 3.06. The fourth-order valence-corrected chi connectivity index (χ4v) is 4.37.